The first kappa shape index (κ1) is 18.3. The Balaban J connectivity index is 1.87. The predicted molar refractivity (Wildman–Crippen MR) is 94.5 cm³/mol. The number of esters is 1. The van der Waals surface area contributed by atoms with Crippen LogP contribution in [0.5, 0.6) is 0 Å². The van der Waals surface area contributed by atoms with E-state index in [0.29, 0.717) is 15.6 Å². The molecule has 0 heterocycles. The molecule has 0 spiro atoms. The van der Waals surface area contributed by atoms with Crippen LogP contribution >= 0.6 is 23.2 Å². The zero-order chi connectivity index (χ0) is 17.7. The van der Waals surface area contributed by atoms with Crippen molar-refractivity contribution in [3.63, 3.8) is 0 Å². The van der Waals surface area contributed by atoms with Gasteiger partial charge in [-0.25, -0.2) is 4.79 Å². The third-order valence-electron chi connectivity index (χ3n) is 3.44. The highest BCUT2D eigenvalue weighted by atomic mass is 35.5. The number of hydrogen-bond donors (Lipinski definition) is 1. The molecule has 0 radical (unpaired) electrons. The molecule has 2 aromatic rings. The molecule has 2 aromatic carbocycles. The summed E-state index contributed by atoms with van der Waals surface area (Å²) in [6, 6.07) is 11.8. The Morgan fingerprint density at radius 2 is 1.75 bits per heavy atom. The maximum absolute atomic E-state index is 11.9. The monoisotopic (exact) mass is 365 g/mol. The fraction of sp³-hybridized carbons (Fsp3) is 0.222. The van der Waals surface area contributed by atoms with E-state index in [4.69, 9.17) is 27.9 Å². The Morgan fingerprint density at radius 1 is 1.08 bits per heavy atom. The smallest absolute Gasteiger partial charge is 0.338 e. The summed E-state index contributed by atoms with van der Waals surface area (Å²) < 4.78 is 5.01. The minimum absolute atomic E-state index is 0.287. The van der Waals surface area contributed by atoms with Gasteiger partial charge in [0.1, 0.15) is 0 Å². The molecule has 2 rings (SSSR count). The topological polar surface area (TPSA) is 55.4 Å². The van der Waals surface area contributed by atoms with E-state index in [0.717, 1.165) is 11.1 Å². The third kappa shape index (κ3) is 4.98. The molecule has 0 unspecified atom stereocenters. The van der Waals surface area contributed by atoms with Crippen LogP contribution in [0, 0.1) is 6.92 Å². The number of amides is 1. The minimum atomic E-state index is -0.535. The molecular weight excluding hydrogens is 349 g/mol. The van der Waals surface area contributed by atoms with Crippen LogP contribution in [0.4, 0.5) is 0 Å². The van der Waals surface area contributed by atoms with Crippen molar-refractivity contribution in [3.05, 3.63) is 69.2 Å². The van der Waals surface area contributed by atoms with E-state index in [2.05, 4.69) is 5.32 Å². The first-order valence-corrected chi connectivity index (χ1v) is 8.10. The van der Waals surface area contributed by atoms with Gasteiger partial charge in [0.25, 0.3) is 5.91 Å². The van der Waals surface area contributed by atoms with E-state index < -0.39 is 11.9 Å². The molecule has 1 N–H and O–H groups in total. The predicted octanol–water partition coefficient (Wildman–Crippen LogP) is 4.34. The van der Waals surface area contributed by atoms with Gasteiger partial charge in [-0.05, 0) is 43.7 Å². The van der Waals surface area contributed by atoms with Crippen LogP contribution in [0.15, 0.2) is 42.5 Å². The molecule has 0 aliphatic carbocycles. The highest BCUT2D eigenvalue weighted by Crippen LogP contribution is 2.25. The standard InChI is InChI=1S/C18H17Cl2NO3/c1-11-3-5-13(6-4-11)18(23)24-10-17(22)21-12(2)14-7-8-15(19)16(20)9-14/h3-9,12H,10H2,1-2H3,(H,21,22)/t12-/m1/s1. The molecule has 0 aliphatic heterocycles. The van der Waals surface area contributed by atoms with Gasteiger partial charge < -0.3 is 10.1 Å². The van der Waals surface area contributed by atoms with Gasteiger partial charge in [-0.2, -0.15) is 0 Å². The van der Waals surface area contributed by atoms with Crippen LogP contribution in [-0.2, 0) is 9.53 Å². The van der Waals surface area contributed by atoms with Gasteiger partial charge in [-0.1, -0.05) is 47.0 Å². The van der Waals surface area contributed by atoms with Crippen LogP contribution in [0.1, 0.15) is 34.5 Å². The lowest BCUT2D eigenvalue weighted by molar-refractivity contribution is -0.124. The Hall–Kier alpha value is -2.04. The maximum Gasteiger partial charge on any atom is 0.338 e. The van der Waals surface area contributed by atoms with Crippen LogP contribution < -0.4 is 5.32 Å². The Labute approximate surface area is 150 Å². The number of carbonyl (C=O) groups excluding carboxylic acids is 2. The summed E-state index contributed by atoms with van der Waals surface area (Å²) in [6.07, 6.45) is 0. The number of rotatable bonds is 5. The van der Waals surface area contributed by atoms with Gasteiger partial charge in [0.15, 0.2) is 6.61 Å². The van der Waals surface area contributed by atoms with Crippen molar-refractivity contribution in [2.45, 2.75) is 19.9 Å². The van der Waals surface area contributed by atoms with Gasteiger partial charge in [0.2, 0.25) is 0 Å². The third-order valence-corrected chi connectivity index (χ3v) is 4.18. The van der Waals surface area contributed by atoms with E-state index >= 15 is 0 Å². The van der Waals surface area contributed by atoms with Crippen molar-refractivity contribution in [1.82, 2.24) is 5.32 Å². The lowest BCUT2D eigenvalue weighted by Gasteiger charge is -2.15. The summed E-state index contributed by atoms with van der Waals surface area (Å²) in [4.78, 5) is 23.8. The van der Waals surface area contributed by atoms with Crippen LogP contribution in [0.2, 0.25) is 10.0 Å². The molecule has 0 saturated carbocycles. The summed E-state index contributed by atoms with van der Waals surface area (Å²) in [6.45, 7) is 3.38. The highest BCUT2D eigenvalue weighted by molar-refractivity contribution is 6.42. The zero-order valence-electron chi connectivity index (χ0n) is 13.3. The van der Waals surface area contributed by atoms with Gasteiger partial charge in [0.05, 0.1) is 21.7 Å². The quantitative estimate of drug-likeness (QED) is 0.801. The molecule has 0 aliphatic rings. The maximum atomic E-state index is 11.9. The number of ether oxygens (including phenoxy) is 1. The summed E-state index contributed by atoms with van der Waals surface area (Å²) in [5.41, 5.74) is 2.26. The molecule has 126 valence electrons. The Morgan fingerprint density at radius 3 is 2.38 bits per heavy atom. The average Bonchev–Trinajstić information content (AvgIpc) is 2.55. The van der Waals surface area contributed by atoms with Crippen LogP contribution in [-0.4, -0.2) is 18.5 Å². The number of carbonyl (C=O) groups is 2. The molecule has 1 amide bonds. The van der Waals surface area contributed by atoms with Gasteiger partial charge in [-0.15, -0.1) is 0 Å². The summed E-state index contributed by atoms with van der Waals surface area (Å²) in [5.74, 6) is -0.929. The average molecular weight is 366 g/mol. The van der Waals surface area contributed by atoms with E-state index in [1.807, 2.05) is 19.1 Å². The fourth-order valence-corrected chi connectivity index (χ4v) is 2.36. The first-order chi connectivity index (χ1) is 11.4. The van der Waals surface area contributed by atoms with Crippen molar-refractivity contribution >= 4 is 35.1 Å². The molecular formula is C18H17Cl2NO3. The lowest BCUT2D eigenvalue weighted by atomic mass is 10.1. The number of benzene rings is 2. The second kappa shape index (κ2) is 8.18. The SMILES string of the molecule is Cc1ccc(C(=O)OCC(=O)N[C@H](C)c2ccc(Cl)c(Cl)c2)cc1. The number of nitrogens with one attached hydrogen (secondary N) is 1. The lowest BCUT2D eigenvalue weighted by Crippen LogP contribution is -2.31. The first-order valence-electron chi connectivity index (χ1n) is 7.35. The molecule has 4 nitrogen and oxygen atoms in total. The molecule has 0 saturated heterocycles. The molecule has 1 atom stereocenters. The molecule has 0 aromatic heterocycles. The number of halogens is 2. The summed E-state index contributed by atoms with van der Waals surface area (Å²) in [5, 5.41) is 3.61. The van der Waals surface area contributed by atoms with Gasteiger partial charge >= 0.3 is 5.97 Å². The summed E-state index contributed by atoms with van der Waals surface area (Å²) >= 11 is 11.8. The second-order valence-electron chi connectivity index (χ2n) is 5.40. The largest absolute Gasteiger partial charge is 0.452 e. The van der Waals surface area contributed by atoms with Gasteiger partial charge in [0, 0.05) is 0 Å². The molecule has 0 fully saturated rings. The molecule has 24 heavy (non-hydrogen) atoms. The fourth-order valence-electron chi connectivity index (χ4n) is 2.05. The highest BCUT2D eigenvalue weighted by Gasteiger charge is 2.14. The van der Waals surface area contributed by atoms with E-state index in [-0.39, 0.29) is 12.6 Å². The van der Waals surface area contributed by atoms with E-state index in [1.54, 1.807) is 37.3 Å². The number of aryl methyl sites for hydroxylation is 1. The Bertz CT molecular complexity index is 744. The van der Waals surface area contributed by atoms with Crippen molar-refractivity contribution in [2.24, 2.45) is 0 Å². The van der Waals surface area contributed by atoms with Crippen molar-refractivity contribution in [3.8, 4) is 0 Å². The zero-order valence-corrected chi connectivity index (χ0v) is 14.8. The summed E-state index contributed by atoms with van der Waals surface area (Å²) in [7, 11) is 0. The van der Waals surface area contributed by atoms with Crippen LogP contribution in [0.3, 0.4) is 0 Å². The van der Waals surface area contributed by atoms with Crippen LogP contribution in [0.25, 0.3) is 0 Å². The van der Waals surface area contributed by atoms with Crippen molar-refractivity contribution in [2.75, 3.05) is 6.61 Å². The molecule has 6 heteroatoms. The van der Waals surface area contributed by atoms with Gasteiger partial charge in [-0.3, -0.25) is 4.79 Å². The number of hydrogen-bond acceptors (Lipinski definition) is 3. The Kier molecular flexibility index (Phi) is 6.23. The second-order valence-corrected chi connectivity index (χ2v) is 6.22. The minimum Gasteiger partial charge on any atom is -0.452 e. The molecule has 0 bridgehead atoms. The van der Waals surface area contributed by atoms with E-state index in [1.165, 1.54) is 0 Å². The van der Waals surface area contributed by atoms with Crippen molar-refractivity contribution in [1.29, 1.82) is 0 Å². The van der Waals surface area contributed by atoms with Crippen molar-refractivity contribution < 1.29 is 14.3 Å². The normalized spacial score (nSPS) is 11.7. The van der Waals surface area contributed by atoms with E-state index in [9.17, 15) is 9.59 Å².